The summed E-state index contributed by atoms with van der Waals surface area (Å²) in [5.74, 6) is -0.784. The number of ether oxygens (including phenoxy) is 2. The molecule has 0 saturated heterocycles. The topological polar surface area (TPSA) is 77.5 Å². The molecular formula is C22H27FN2O4. The molecule has 0 saturated carbocycles. The summed E-state index contributed by atoms with van der Waals surface area (Å²) in [5.41, 5.74) is 3.09. The molecule has 1 aromatic heterocycles. The van der Waals surface area contributed by atoms with Crippen molar-refractivity contribution in [1.82, 2.24) is 10.3 Å². The molecular weight excluding hydrogens is 375 g/mol. The fourth-order valence-electron chi connectivity index (χ4n) is 3.10. The SMILES string of the molecule is COC(=O)CC(NC(=O)OC(C)(C)C)c1cncc(-c2c(C)cc(F)cc2C)c1. The second-order valence-corrected chi connectivity index (χ2v) is 7.90. The highest BCUT2D eigenvalue weighted by molar-refractivity contribution is 5.74. The first kappa shape index (κ1) is 22.3. The fraction of sp³-hybridized carbons (Fsp3) is 0.409. The number of nitrogens with one attached hydrogen (secondary N) is 1. The van der Waals surface area contributed by atoms with Crippen LogP contribution in [0.4, 0.5) is 9.18 Å². The molecule has 0 spiro atoms. The van der Waals surface area contributed by atoms with Gasteiger partial charge in [-0.2, -0.15) is 0 Å². The summed E-state index contributed by atoms with van der Waals surface area (Å²) >= 11 is 0. The van der Waals surface area contributed by atoms with Crippen molar-refractivity contribution in [2.75, 3.05) is 7.11 Å². The van der Waals surface area contributed by atoms with E-state index >= 15 is 0 Å². The van der Waals surface area contributed by atoms with E-state index in [1.165, 1.54) is 19.2 Å². The average Bonchev–Trinajstić information content (AvgIpc) is 2.58. The summed E-state index contributed by atoms with van der Waals surface area (Å²) < 4.78 is 23.7. The monoisotopic (exact) mass is 402 g/mol. The number of aromatic nitrogens is 1. The molecule has 1 amide bonds. The first-order chi connectivity index (χ1) is 13.5. The lowest BCUT2D eigenvalue weighted by molar-refractivity contribution is -0.141. The van der Waals surface area contributed by atoms with Crippen LogP contribution in [0.3, 0.4) is 0 Å². The maximum absolute atomic E-state index is 13.7. The van der Waals surface area contributed by atoms with Gasteiger partial charge in [-0.1, -0.05) is 0 Å². The Hall–Kier alpha value is -2.96. The Kier molecular flexibility index (Phi) is 6.95. The summed E-state index contributed by atoms with van der Waals surface area (Å²) in [6.45, 7) is 8.91. The van der Waals surface area contributed by atoms with Gasteiger partial charge in [0.05, 0.1) is 19.6 Å². The first-order valence-electron chi connectivity index (χ1n) is 9.28. The van der Waals surface area contributed by atoms with Crippen molar-refractivity contribution in [1.29, 1.82) is 0 Å². The van der Waals surface area contributed by atoms with Crippen molar-refractivity contribution >= 4 is 12.1 Å². The summed E-state index contributed by atoms with van der Waals surface area (Å²) in [7, 11) is 1.28. The van der Waals surface area contributed by atoms with Gasteiger partial charge in [-0.3, -0.25) is 9.78 Å². The molecule has 0 bridgehead atoms. The Labute approximate surface area is 170 Å². The zero-order chi connectivity index (χ0) is 21.8. The molecule has 0 aliphatic carbocycles. The smallest absolute Gasteiger partial charge is 0.408 e. The Morgan fingerprint density at radius 3 is 2.31 bits per heavy atom. The van der Waals surface area contributed by atoms with Gasteiger partial charge in [-0.05, 0) is 75.1 Å². The second-order valence-electron chi connectivity index (χ2n) is 7.90. The van der Waals surface area contributed by atoms with E-state index in [1.54, 1.807) is 33.2 Å². The minimum absolute atomic E-state index is 0.0811. The Bertz CT molecular complexity index is 883. The van der Waals surface area contributed by atoms with Gasteiger partial charge in [0.15, 0.2) is 0 Å². The number of benzene rings is 1. The Balaban J connectivity index is 2.40. The molecule has 1 N–H and O–H groups in total. The van der Waals surface area contributed by atoms with Crippen LogP contribution >= 0.6 is 0 Å². The van der Waals surface area contributed by atoms with Crippen LogP contribution in [0, 0.1) is 19.7 Å². The van der Waals surface area contributed by atoms with Crippen molar-refractivity contribution in [3.8, 4) is 11.1 Å². The summed E-state index contributed by atoms with van der Waals surface area (Å²) in [6, 6.07) is 4.05. The van der Waals surface area contributed by atoms with Crippen LogP contribution in [0.5, 0.6) is 0 Å². The van der Waals surface area contributed by atoms with Crippen molar-refractivity contribution in [2.45, 2.75) is 52.7 Å². The third-order valence-electron chi connectivity index (χ3n) is 4.24. The highest BCUT2D eigenvalue weighted by Gasteiger charge is 2.24. The number of esters is 1. The first-order valence-corrected chi connectivity index (χ1v) is 9.28. The standard InChI is InChI=1S/C22H27FN2O4/c1-13-7-17(23)8-14(2)20(13)16-9-15(11-24-12-16)18(10-19(26)28-6)25-21(27)29-22(3,4)5/h7-9,11-12,18H,10H2,1-6H3,(H,25,27). The fourth-order valence-corrected chi connectivity index (χ4v) is 3.10. The molecule has 0 fully saturated rings. The number of hydrogen-bond acceptors (Lipinski definition) is 5. The van der Waals surface area contributed by atoms with E-state index in [4.69, 9.17) is 9.47 Å². The van der Waals surface area contributed by atoms with Crippen LogP contribution in [0.15, 0.2) is 30.6 Å². The molecule has 2 aromatic rings. The number of aryl methyl sites for hydroxylation is 2. The number of rotatable bonds is 5. The predicted molar refractivity (Wildman–Crippen MR) is 108 cm³/mol. The summed E-state index contributed by atoms with van der Waals surface area (Å²) in [6.07, 6.45) is 2.51. The molecule has 1 heterocycles. The van der Waals surface area contributed by atoms with E-state index in [0.29, 0.717) is 5.56 Å². The third kappa shape index (κ3) is 6.27. The molecule has 7 heteroatoms. The number of nitrogens with zero attached hydrogens (tertiary/aromatic N) is 1. The quantitative estimate of drug-likeness (QED) is 0.738. The minimum Gasteiger partial charge on any atom is -0.469 e. The van der Waals surface area contributed by atoms with Gasteiger partial charge < -0.3 is 14.8 Å². The normalized spacial score (nSPS) is 12.2. The Morgan fingerprint density at radius 2 is 1.76 bits per heavy atom. The number of pyridine rings is 1. The van der Waals surface area contributed by atoms with Crippen molar-refractivity contribution in [2.24, 2.45) is 0 Å². The lowest BCUT2D eigenvalue weighted by Gasteiger charge is -2.23. The van der Waals surface area contributed by atoms with E-state index in [9.17, 15) is 14.0 Å². The number of hydrogen-bond donors (Lipinski definition) is 1. The van der Waals surface area contributed by atoms with Gasteiger partial charge in [0.1, 0.15) is 11.4 Å². The average molecular weight is 402 g/mol. The largest absolute Gasteiger partial charge is 0.469 e. The zero-order valence-electron chi connectivity index (χ0n) is 17.6. The molecule has 0 aliphatic rings. The molecule has 0 radical (unpaired) electrons. The van der Waals surface area contributed by atoms with Crippen LogP contribution in [0.1, 0.15) is 49.9 Å². The molecule has 1 unspecified atom stereocenters. The van der Waals surface area contributed by atoms with Crippen molar-refractivity contribution < 1.29 is 23.5 Å². The number of carbonyl (C=O) groups is 2. The van der Waals surface area contributed by atoms with Crippen LogP contribution in [0.25, 0.3) is 11.1 Å². The van der Waals surface area contributed by atoms with Crippen LogP contribution in [0.2, 0.25) is 0 Å². The van der Waals surface area contributed by atoms with Gasteiger partial charge in [0, 0.05) is 18.0 Å². The number of alkyl carbamates (subject to hydrolysis) is 1. The Morgan fingerprint density at radius 1 is 1.14 bits per heavy atom. The van der Waals surface area contributed by atoms with Gasteiger partial charge in [0.25, 0.3) is 0 Å². The summed E-state index contributed by atoms with van der Waals surface area (Å²) in [5, 5.41) is 2.71. The number of carbonyl (C=O) groups excluding carboxylic acids is 2. The number of halogens is 1. The number of amides is 1. The van der Waals surface area contributed by atoms with E-state index in [0.717, 1.165) is 22.3 Å². The zero-order valence-corrected chi connectivity index (χ0v) is 17.6. The van der Waals surface area contributed by atoms with Gasteiger partial charge in [-0.15, -0.1) is 0 Å². The van der Waals surface area contributed by atoms with Gasteiger partial charge in [0.2, 0.25) is 0 Å². The van der Waals surface area contributed by atoms with Crippen molar-refractivity contribution in [3.05, 3.63) is 53.1 Å². The van der Waals surface area contributed by atoms with Gasteiger partial charge in [-0.25, -0.2) is 9.18 Å². The molecule has 29 heavy (non-hydrogen) atoms. The van der Waals surface area contributed by atoms with E-state index in [2.05, 4.69) is 10.3 Å². The maximum Gasteiger partial charge on any atom is 0.408 e. The third-order valence-corrected chi connectivity index (χ3v) is 4.24. The maximum atomic E-state index is 13.7. The molecule has 2 rings (SSSR count). The minimum atomic E-state index is -0.689. The molecule has 1 atom stereocenters. The van der Waals surface area contributed by atoms with E-state index in [1.807, 2.05) is 19.9 Å². The van der Waals surface area contributed by atoms with Crippen LogP contribution in [-0.2, 0) is 14.3 Å². The van der Waals surface area contributed by atoms with E-state index in [-0.39, 0.29) is 12.2 Å². The van der Waals surface area contributed by atoms with Crippen molar-refractivity contribution in [3.63, 3.8) is 0 Å². The molecule has 156 valence electrons. The van der Waals surface area contributed by atoms with E-state index < -0.39 is 23.7 Å². The van der Waals surface area contributed by atoms with Crippen LogP contribution in [-0.4, -0.2) is 29.8 Å². The molecule has 0 aliphatic heterocycles. The second kappa shape index (κ2) is 9.03. The molecule has 6 nitrogen and oxygen atoms in total. The van der Waals surface area contributed by atoms with Gasteiger partial charge >= 0.3 is 12.1 Å². The summed E-state index contributed by atoms with van der Waals surface area (Å²) in [4.78, 5) is 28.4. The number of methoxy groups -OCH3 is 1. The molecule has 1 aromatic carbocycles. The highest BCUT2D eigenvalue weighted by Crippen LogP contribution is 2.30. The lowest BCUT2D eigenvalue weighted by Crippen LogP contribution is -2.36. The van der Waals surface area contributed by atoms with Crippen LogP contribution < -0.4 is 5.32 Å². The highest BCUT2D eigenvalue weighted by atomic mass is 19.1. The lowest BCUT2D eigenvalue weighted by atomic mass is 9.94. The predicted octanol–water partition coefficient (Wildman–Crippen LogP) is 4.63.